The first kappa shape index (κ1) is 10.6. The lowest BCUT2D eigenvalue weighted by molar-refractivity contribution is 0.438. The van der Waals surface area contributed by atoms with Crippen LogP contribution in [0.15, 0.2) is 18.2 Å². The second-order valence-corrected chi connectivity index (χ2v) is 3.30. The fourth-order valence-corrected chi connectivity index (χ4v) is 1.10. The molecule has 5 nitrogen and oxygen atoms in total. The molecule has 76 valence electrons. The Balaban J connectivity index is 2.87. The lowest BCUT2D eigenvalue weighted by Crippen LogP contribution is -2.40. The molecule has 0 spiro atoms. The zero-order valence-corrected chi connectivity index (χ0v) is 8.42. The molecule has 0 aliphatic heterocycles. The Labute approximate surface area is 87.6 Å². The van der Waals surface area contributed by atoms with E-state index in [4.69, 9.17) is 35.3 Å². The maximum atomic E-state index is 5.74. The van der Waals surface area contributed by atoms with E-state index in [0.29, 0.717) is 17.9 Å². The van der Waals surface area contributed by atoms with Crippen molar-refractivity contribution in [3.05, 3.63) is 23.8 Å². The third kappa shape index (κ3) is 2.24. The zero-order valence-electron chi connectivity index (χ0n) is 7.60. The molecule has 0 unspecified atom stereocenters. The number of nitrogens with zero attached hydrogens (tertiary/aromatic N) is 1. The molecule has 1 aromatic carbocycles. The largest absolute Gasteiger partial charge is 0.397 e. The van der Waals surface area contributed by atoms with Gasteiger partial charge in [0.15, 0.2) is 5.11 Å². The van der Waals surface area contributed by atoms with Gasteiger partial charge < -0.3 is 17.2 Å². The van der Waals surface area contributed by atoms with Gasteiger partial charge in [0.1, 0.15) is 0 Å². The Morgan fingerprint density at radius 1 is 1.36 bits per heavy atom. The minimum atomic E-state index is 0.117. The predicted molar refractivity (Wildman–Crippen MR) is 61.8 cm³/mol. The number of hydrogen-bond acceptors (Lipinski definition) is 4. The summed E-state index contributed by atoms with van der Waals surface area (Å²) >= 11 is 4.70. The first-order chi connectivity index (χ1) is 6.52. The van der Waals surface area contributed by atoms with Gasteiger partial charge in [-0.25, -0.2) is 5.84 Å². The Bertz CT molecular complexity index is 352. The average Bonchev–Trinajstić information content (AvgIpc) is 2.12. The molecule has 6 heteroatoms. The van der Waals surface area contributed by atoms with E-state index in [1.165, 1.54) is 5.01 Å². The van der Waals surface area contributed by atoms with Gasteiger partial charge in [0.05, 0.1) is 17.9 Å². The fourth-order valence-electron chi connectivity index (χ4n) is 1.03. The molecule has 0 aromatic heterocycles. The van der Waals surface area contributed by atoms with Gasteiger partial charge in [0.2, 0.25) is 0 Å². The van der Waals surface area contributed by atoms with Crippen molar-refractivity contribution in [1.29, 1.82) is 0 Å². The van der Waals surface area contributed by atoms with Crippen molar-refractivity contribution < 1.29 is 0 Å². The summed E-state index contributed by atoms with van der Waals surface area (Å²) in [7, 11) is 0. The smallest absolute Gasteiger partial charge is 0.180 e. The monoisotopic (exact) mass is 211 g/mol. The van der Waals surface area contributed by atoms with Gasteiger partial charge in [-0.3, -0.25) is 5.01 Å². The highest BCUT2D eigenvalue weighted by molar-refractivity contribution is 7.80. The van der Waals surface area contributed by atoms with Gasteiger partial charge in [0.25, 0.3) is 0 Å². The SMILES string of the molecule is NC(=S)N(N)Cc1cccc(N)c1N. The van der Waals surface area contributed by atoms with E-state index in [2.05, 4.69) is 0 Å². The van der Waals surface area contributed by atoms with E-state index in [0.717, 1.165) is 5.56 Å². The quantitative estimate of drug-likeness (QED) is 0.233. The molecule has 0 amide bonds. The first-order valence-electron chi connectivity index (χ1n) is 3.97. The number of hydrazine groups is 1. The van der Waals surface area contributed by atoms with E-state index in [1.807, 2.05) is 6.07 Å². The van der Waals surface area contributed by atoms with E-state index in [9.17, 15) is 0 Å². The second-order valence-electron chi connectivity index (χ2n) is 2.89. The van der Waals surface area contributed by atoms with E-state index < -0.39 is 0 Å². The molecule has 0 aliphatic rings. The van der Waals surface area contributed by atoms with E-state index >= 15 is 0 Å². The van der Waals surface area contributed by atoms with Gasteiger partial charge in [-0.15, -0.1) is 0 Å². The summed E-state index contributed by atoms with van der Waals surface area (Å²) < 4.78 is 0. The van der Waals surface area contributed by atoms with Gasteiger partial charge in [0, 0.05) is 0 Å². The van der Waals surface area contributed by atoms with Crippen molar-refractivity contribution in [2.24, 2.45) is 11.6 Å². The summed E-state index contributed by atoms with van der Waals surface area (Å²) in [4.78, 5) is 0. The van der Waals surface area contributed by atoms with Crippen LogP contribution in [0.25, 0.3) is 0 Å². The molecular formula is C8H13N5S. The number of para-hydroxylation sites is 1. The highest BCUT2D eigenvalue weighted by atomic mass is 32.1. The van der Waals surface area contributed by atoms with Crippen molar-refractivity contribution in [1.82, 2.24) is 5.01 Å². The number of rotatable bonds is 2. The Morgan fingerprint density at radius 3 is 2.57 bits per heavy atom. The summed E-state index contributed by atoms with van der Waals surface area (Å²) in [6, 6.07) is 5.35. The van der Waals surface area contributed by atoms with Crippen molar-refractivity contribution in [3.63, 3.8) is 0 Å². The first-order valence-corrected chi connectivity index (χ1v) is 4.37. The summed E-state index contributed by atoms with van der Waals surface area (Å²) in [6.45, 7) is 0.353. The molecule has 0 bridgehead atoms. The minimum absolute atomic E-state index is 0.117. The van der Waals surface area contributed by atoms with Gasteiger partial charge in [-0.1, -0.05) is 12.1 Å². The second kappa shape index (κ2) is 4.12. The summed E-state index contributed by atoms with van der Waals surface area (Å²) in [5.74, 6) is 5.54. The van der Waals surface area contributed by atoms with Crippen LogP contribution < -0.4 is 23.0 Å². The molecular weight excluding hydrogens is 198 g/mol. The molecule has 0 fully saturated rings. The molecule has 0 aliphatic carbocycles. The number of thiocarbonyl (C=S) groups is 1. The topological polar surface area (TPSA) is 107 Å². The summed E-state index contributed by atoms with van der Waals surface area (Å²) in [5, 5.41) is 1.35. The molecule has 1 rings (SSSR count). The molecule has 0 saturated carbocycles. The van der Waals surface area contributed by atoms with Crippen LogP contribution in [0.2, 0.25) is 0 Å². The number of hydrogen-bond donors (Lipinski definition) is 4. The van der Waals surface area contributed by atoms with Crippen LogP contribution in [-0.2, 0) is 6.54 Å². The Morgan fingerprint density at radius 2 is 2.00 bits per heavy atom. The minimum Gasteiger partial charge on any atom is -0.397 e. The van der Waals surface area contributed by atoms with Crippen LogP contribution in [0.3, 0.4) is 0 Å². The molecule has 0 heterocycles. The standard InChI is InChI=1S/C8H13N5S/c9-6-3-1-2-5(7(6)10)4-13(12)8(11)14/h1-3H,4,9-10,12H2,(H2,11,14). The average molecular weight is 211 g/mol. The predicted octanol–water partition coefficient (Wildman–Crippen LogP) is -0.230. The van der Waals surface area contributed by atoms with Crippen LogP contribution in [0, 0.1) is 0 Å². The van der Waals surface area contributed by atoms with Crippen LogP contribution in [-0.4, -0.2) is 10.1 Å². The number of nitrogen functional groups attached to an aromatic ring is 2. The molecule has 1 aromatic rings. The number of anilines is 2. The van der Waals surface area contributed by atoms with Crippen molar-refractivity contribution in [3.8, 4) is 0 Å². The van der Waals surface area contributed by atoms with E-state index in [1.54, 1.807) is 12.1 Å². The summed E-state index contributed by atoms with van der Waals surface area (Å²) in [5.41, 5.74) is 18.5. The lowest BCUT2D eigenvalue weighted by Gasteiger charge is -2.17. The molecule has 8 N–H and O–H groups in total. The van der Waals surface area contributed by atoms with Crippen molar-refractivity contribution in [2.75, 3.05) is 11.5 Å². The highest BCUT2D eigenvalue weighted by Crippen LogP contribution is 2.19. The highest BCUT2D eigenvalue weighted by Gasteiger charge is 2.06. The van der Waals surface area contributed by atoms with Gasteiger partial charge in [-0.05, 0) is 23.8 Å². The maximum Gasteiger partial charge on any atom is 0.180 e. The normalized spacial score (nSPS) is 9.79. The third-order valence-electron chi connectivity index (χ3n) is 1.85. The molecule has 0 radical (unpaired) electrons. The fraction of sp³-hybridized carbons (Fsp3) is 0.125. The number of benzene rings is 1. The van der Waals surface area contributed by atoms with Crippen LogP contribution in [0.4, 0.5) is 11.4 Å². The maximum absolute atomic E-state index is 5.74. The number of nitrogens with two attached hydrogens (primary N) is 4. The molecule has 0 atom stereocenters. The Hall–Kier alpha value is -1.53. The summed E-state index contributed by atoms with van der Waals surface area (Å²) in [6.07, 6.45) is 0. The van der Waals surface area contributed by atoms with Crippen molar-refractivity contribution in [2.45, 2.75) is 6.54 Å². The van der Waals surface area contributed by atoms with Crippen LogP contribution in [0.1, 0.15) is 5.56 Å². The third-order valence-corrected chi connectivity index (χ3v) is 2.09. The van der Waals surface area contributed by atoms with Gasteiger partial charge >= 0.3 is 0 Å². The Kier molecular flexibility index (Phi) is 3.10. The van der Waals surface area contributed by atoms with E-state index in [-0.39, 0.29) is 5.11 Å². The van der Waals surface area contributed by atoms with Gasteiger partial charge in [-0.2, -0.15) is 0 Å². The molecule has 0 saturated heterocycles. The lowest BCUT2D eigenvalue weighted by atomic mass is 10.1. The molecule has 14 heavy (non-hydrogen) atoms. The zero-order chi connectivity index (χ0) is 10.7. The van der Waals surface area contributed by atoms with Crippen LogP contribution in [0.5, 0.6) is 0 Å². The van der Waals surface area contributed by atoms with Crippen molar-refractivity contribution >= 4 is 28.7 Å². The van der Waals surface area contributed by atoms with Crippen LogP contribution >= 0.6 is 12.2 Å².